The highest BCUT2D eigenvalue weighted by molar-refractivity contribution is 5.85. The van der Waals surface area contributed by atoms with Gasteiger partial charge in [0.2, 0.25) is 0 Å². The van der Waals surface area contributed by atoms with Crippen LogP contribution in [0.25, 0.3) is 0 Å². The minimum Gasteiger partial charge on any atom is -0.469 e. The number of ketones is 1. The van der Waals surface area contributed by atoms with E-state index in [4.69, 9.17) is 0 Å². The van der Waals surface area contributed by atoms with Gasteiger partial charge in [-0.05, 0) is 6.42 Å². The molecule has 0 unspecified atom stereocenters. The predicted molar refractivity (Wildman–Crippen MR) is 43.9 cm³/mol. The van der Waals surface area contributed by atoms with Crippen LogP contribution in [0.2, 0.25) is 0 Å². The molecule has 0 radical (unpaired) electrons. The van der Waals surface area contributed by atoms with E-state index >= 15 is 0 Å². The molecule has 0 aromatic rings. The van der Waals surface area contributed by atoms with Gasteiger partial charge in [-0.3, -0.25) is 9.59 Å². The van der Waals surface area contributed by atoms with Gasteiger partial charge in [0, 0.05) is 12.8 Å². The molecule has 86 valence electrons. The van der Waals surface area contributed by atoms with Crippen LogP contribution in [0.15, 0.2) is 0 Å². The summed E-state index contributed by atoms with van der Waals surface area (Å²) < 4.78 is 41.4. The van der Waals surface area contributed by atoms with Crippen molar-refractivity contribution in [1.29, 1.82) is 0 Å². The van der Waals surface area contributed by atoms with Crippen molar-refractivity contribution in [1.82, 2.24) is 0 Å². The first kappa shape index (κ1) is 12.0. The maximum atomic E-state index is 12.4. The van der Waals surface area contributed by atoms with Crippen molar-refractivity contribution in [2.45, 2.75) is 25.4 Å². The molecule has 6 heteroatoms. The minimum absolute atomic E-state index is 0.140. The third-order valence-corrected chi connectivity index (χ3v) is 2.51. The Hall–Kier alpha value is -1.07. The predicted octanol–water partition coefficient (Wildman–Crippen LogP) is 1.71. The van der Waals surface area contributed by atoms with Gasteiger partial charge in [-0.15, -0.1) is 0 Å². The van der Waals surface area contributed by atoms with Gasteiger partial charge in [0.1, 0.15) is 5.78 Å². The van der Waals surface area contributed by atoms with Gasteiger partial charge in [0.25, 0.3) is 0 Å². The number of carbonyl (C=O) groups excluding carboxylic acids is 2. The highest BCUT2D eigenvalue weighted by Gasteiger charge is 2.46. The lowest BCUT2D eigenvalue weighted by Crippen LogP contribution is -2.36. The maximum absolute atomic E-state index is 12.4. The molecule has 15 heavy (non-hydrogen) atoms. The van der Waals surface area contributed by atoms with Crippen molar-refractivity contribution >= 4 is 11.8 Å². The average molecular weight is 224 g/mol. The fourth-order valence-electron chi connectivity index (χ4n) is 1.74. The zero-order valence-electron chi connectivity index (χ0n) is 8.13. The van der Waals surface area contributed by atoms with Crippen LogP contribution >= 0.6 is 0 Å². The Balaban J connectivity index is 2.72. The molecular weight excluding hydrogens is 213 g/mol. The number of halogens is 3. The van der Waals surface area contributed by atoms with Crippen molar-refractivity contribution < 1.29 is 27.5 Å². The van der Waals surface area contributed by atoms with Crippen molar-refractivity contribution in [3.63, 3.8) is 0 Å². The van der Waals surface area contributed by atoms with Crippen molar-refractivity contribution in [3.8, 4) is 0 Å². The number of ether oxygens (including phenoxy) is 1. The maximum Gasteiger partial charge on any atom is 0.392 e. The van der Waals surface area contributed by atoms with Crippen LogP contribution in [0.5, 0.6) is 0 Å². The van der Waals surface area contributed by atoms with E-state index in [9.17, 15) is 22.8 Å². The first-order valence-corrected chi connectivity index (χ1v) is 4.51. The Bertz CT molecular complexity index is 272. The molecule has 0 bridgehead atoms. The first-order chi connectivity index (χ1) is 6.84. The van der Waals surface area contributed by atoms with Gasteiger partial charge in [-0.1, -0.05) is 0 Å². The molecule has 1 aliphatic rings. The van der Waals surface area contributed by atoms with Gasteiger partial charge in [-0.25, -0.2) is 0 Å². The molecule has 0 spiro atoms. The molecule has 0 aromatic carbocycles. The summed E-state index contributed by atoms with van der Waals surface area (Å²) in [6.45, 7) is 0. The summed E-state index contributed by atoms with van der Waals surface area (Å²) in [5, 5.41) is 0. The largest absolute Gasteiger partial charge is 0.469 e. The summed E-state index contributed by atoms with van der Waals surface area (Å²) in [7, 11) is 1.10. The second-order valence-electron chi connectivity index (χ2n) is 3.64. The van der Waals surface area contributed by atoms with Crippen molar-refractivity contribution in [2.75, 3.05) is 7.11 Å². The summed E-state index contributed by atoms with van der Waals surface area (Å²) in [6, 6.07) is 0. The molecule has 0 amide bonds. The summed E-state index contributed by atoms with van der Waals surface area (Å²) in [6.07, 6.45) is -5.42. The molecule has 0 saturated heterocycles. The first-order valence-electron chi connectivity index (χ1n) is 4.51. The van der Waals surface area contributed by atoms with Crippen LogP contribution in [-0.4, -0.2) is 25.0 Å². The third-order valence-electron chi connectivity index (χ3n) is 2.51. The molecule has 0 N–H and O–H groups in total. The van der Waals surface area contributed by atoms with Crippen LogP contribution in [0, 0.1) is 11.8 Å². The average Bonchev–Trinajstić information content (AvgIpc) is 2.14. The van der Waals surface area contributed by atoms with E-state index in [0.29, 0.717) is 0 Å². The molecule has 0 heterocycles. The lowest BCUT2D eigenvalue weighted by Gasteiger charge is -2.27. The van der Waals surface area contributed by atoms with Gasteiger partial charge in [-0.2, -0.15) is 13.2 Å². The molecule has 2 atom stereocenters. The quantitative estimate of drug-likeness (QED) is 0.637. The molecule has 0 aromatic heterocycles. The lowest BCUT2D eigenvalue weighted by molar-refractivity contribution is -0.190. The summed E-state index contributed by atoms with van der Waals surface area (Å²) in [4.78, 5) is 22.1. The van der Waals surface area contributed by atoms with E-state index < -0.39 is 36.2 Å². The second-order valence-corrected chi connectivity index (χ2v) is 3.64. The van der Waals surface area contributed by atoms with Crippen molar-refractivity contribution in [2.24, 2.45) is 11.8 Å². The zero-order chi connectivity index (χ0) is 11.6. The number of rotatable bonds is 1. The third kappa shape index (κ3) is 2.94. The van der Waals surface area contributed by atoms with E-state index in [1.54, 1.807) is 0 Å². The van der Waals surface area contributed by atoms with Crippen LogP contribution in [-0.2, 0) is 14.3 Å². The van der Waals surface area contributed by atoms with Crippen LogP contribution in [0.3, 0.4) is 0 Å². The van der Waals surface area contributed by atoms with Gasteiger partial charge >= 0.3 is 12.1 Å². The Kier molecular flexibility index (Phi) is 3.36. The van der Waals surface area contributed by atoms with Crippen LogP contribution < -0.4 is 0 Å². The molecule has 1 aliphatic carbocycles. The van der Waals surface area contributed by atoms with E-state index in [1.807, 2.05) is 0 Å². The van der Waals surface area contributed by atoms with Crippen LogP contribution in [0.4, 0.5) is 13.2 Å². The second kappa shape index (κ2) is 4.20. The molecule has 0 aliphatic heterocycles. The SMILES string of the molecule is COC(=O)[C@H]1CC(=O)C[C@H](C(F)(F)F)C1. The lowest BCUT2D eigenvalue weighted by atomic mass is 9.80. The number of alkyl halides is 3. The highest BCUT2D eigenvalue weighted by atomic mass is 19.4. The fourth-order valence-corrected chi connectivity index (χ4v) is 1.74. The van der Waals surface area contributed by atoms with Gasteiger partial charge in [0.15, 0.2) is 0 Å². The molecule has 1 rings (SSSR count). The van der Waals surface area contributed by atoms with Crippen molar-refractivity contribution in [3.05, 3.63) is 0 Å². The number of hydrogen-bond donors (Lipinski definition) is 0. The minimum atomic E-state index is -4.41. The number of Topliss-reactive ketones (excluding diaryl/α,β-unsaturated/α-hetero) is 1. The van der Waals surface area contributed by atoms with E-state index in [0.717, 1.165) is 7.11 Å². The highest BCUT2D eigenvalue weighted by Crippen LogP contribution is 2.38. The Morgan fingerprint density at radius 2 is 2.00 bits per heavy atom. The Labute approximate surface area is 84.6 Å². The molecule has 1 fully saturated rings. The monoisotopic (exact) mass is 224 g/mol. The summed E-state index contributed by atoms with van der Waals surface area (Å²) >= 11 is 0. The number of esters is 1. The molecule has 1 saturated carbocycles. The standard InChI is InChI=1S/C9H11F3O3/c1-15-8(14)5-2-6(9(10,11)12)4-7(13)3-5/h5-6H,2-4H2,1H3/t5-,6-/m1/s1. The van der Waals surface area contributed by atoms with E-state index in [1.165, 1.54) is 0 Å². The normalized spacial score (nSPS) is 27.6. The van der Waals surface area contributed by atoms with Gasteiger partial charge < -0.3 is 4.74 Å². The Morgan fingerprint density at radius 3 is 2.47 bits per heavy atom. The smallest absolute Gasteiger partial charge is 0.392 e. The van der Waals surface area contributed by atoms with Crippen LogP contribution in [0.1, 0.15) is 19.3 Å². The van der Waals surface area contributed by atoms with E-state index in [-0.39, 0.29) is 12.8 Å². The fraction of sp³-hybridized carbons (Fsp3) is 0.778. The topological polar surface area (TPSA) is 43.4 Å². The molecular formula is C9H11F3O3. The Morgan fingerprint density at radius 1 is 1.40 bits per heavy atom. The summed E-state index contributed by atoms with van der Waals surface area (Å²) in [5.41, 5.74) is 0. The van der Waals surface area contributed by atoms with E-state index in [2.05, 4.69) is 4.74 Å². The molecule has 3 nitrogen and oxygen atoms in total. The number of carbonyl (C=O) groups is 2. The van der Waals surface area contributed by atoms with Gasteiger partial charge in [0.05, 0.1) is 18.9 Å². The number of hydrogen-bond acceptors (Lipinski definition) is 3. The zero-order valence-corrected chi connectivity index (χ0v) is 8.13. The summed E-state index contributed by atoms with van der Waals surface area (Å²) in [5.74, 6) is -3.91. The number of methoxy groups -OCH3 is 1.